The van der Waals surface area contributed by atoms with Gasteiger partial charge in [0.2, 0.25) is 5.91 Å². The Kier molecular flexibility index (Phi) is 8.84. The molecule has 4 rings (SSSR count). The molecule has 3 aromatic rings. The zero-order valence-electron chi connectivity index (χ0n) is 21.5. The number of carbonyl (C=O) groups excluding carboxylic acids is 1. The minimum absolute atomic E-state index is 0.0953. The molecule has 0 spiro atoms. The van der Waals surface area contributed by atoms with Crippen molar-refractivity contribution in [3.05, 3.63) is 89.5 Å². The molecule has 0 saturated carbocycles. The summed E-state index contributed by atoms with van der Waals surface area (Å²) in [5, 5.41) is 2.88. The molecule has 3 aromatic carbocycles. The first-order chi connectivity index (χ1) is 17.8. The number of rotatable bonds is 11. The maximum absolute atomic E-state index is 13.6. The van der Waals surface area contributed by atoms with Gasteiger partial charge in [0.05, 0.1) is 17.2 Å². The third-order valence-corrected chi connectivity index (χ3v) is 8.24. The van der Waals surface area contributed by atoms with Crippen molar-refractivity contribution in [2.24, 2.45) is 0 Å². The fourth-order valence-corrected chi connectivity index (χ4v) is 5.80. The summed E-state index contributed by atoms with van der Waals surface area (Å²) in [6.45, 7) is 7.52. The van der Waals surface area contributed by atoms with E-state index in [4.69, 9.17) is 4.74 Å². The van der Waals surface area contributed by atoms with Crippen molar-refractivity contribution in [3.63, 3.8) is 0 Å². The maximum atomic E-state index is 13.6. The van der Waals surface area contributed by atoms with Gasteiger partial charge in [-0.3, -0.25) is 14.0 Å². The lowest BCUT2D eigenvalue weighted by atomic mass is 10.1. The van der Waals surface area contributed by atoms with Gasteiger partial charge < -0.3 is 10.1 Å². The highest BCUT2D eigenvalue weighted by Crippen LogP contribution is 2.25. The molecule has 0 aliphatic carbocycles. The minimum Gasteiger partial charge on any atom is -0.494 e. The van der Waals surface area contributed by atoms with Crippen LogP contribution in [0.5, 0.6) is 5.75 Å². The molecule has 0 aromatic heterocycles. The summed E-state index contributed by atoms with van der Waals surface area (Å²) < 4.78 is 33.7. The van der Waals surface area contributed by atoms with Crippen molar-refractivity contribution in [1.82, 2.24) is 10.2 Å². The first kappa shape index (κ1) is 26.7. The Morgan fingerprint density at radius 3 is 2.16 bits per heavy atom. The maximum Gasteiger partial charge on any atom is 0.264 e. The van der Waals surface area contributed by atoms with Gasteiger partial charge in [0.1, 0.15) is 12.3 Å². The van der Waals surface area contributed by atoms with Gasteiger partial charge >= 0.3 is 0 Å². The average molecular weight is 522 g/mol. The molecule has 196 valence electrons. The molecule has 0 unspecified atom stereocenters. The monoisotopic (exact) mass is 521 g/mol. The highest BCUT2D eigenvalue weighted by molar-refractivity contribution is 7.92. The predicted octanol–water partition coefficient (Wildman–Crippen LogP) is 4.50. The van der Waals surface area contributed by atoms with Crippen LogP contribution in [0.4, 0.5) is 5.69 Å². The van der Waals surface area contributed by atoms with Crippen molar-refractivity contribution in [1.29, 1.82) is 0 Å². The average Bonchev–Trinajstić information content (AvgIpc) is 3.41. The number of hydrogen-bond acceptors (Lipinski definition) is 5. The predicted molar refractivity (Wildman–Crippen MR) is 146 cm³/mol. The second kappa shape index (κ2) is 12.3. The Morgan fingerprint density at radius 1 is 0.919 bits per heavy atom. The number of carbonyl (C=O) groups is 1. The Labute approximate surface area is 220 Å². The van der Waals surface area contributed by atoms with Crippen molar-refractivity contribution in [2.45, 2.75) is 44.7 Å². The molecule has 1 fully saturated rings. The van der Waals surface area contributed by atoms with E-state index >= 15 is 0 Å². The summed E-state index contributed by atoms with van der Waals surface area (Å²) in [6, 6.07) is 21.6. The van der Waals surface area contributed by atoms with Crippen LogP contribution in [0.2, 0.25) is 0 Å². The molecule has 0 atom stereocenters. The molecule has 8 heteroatoms. The zero-order chi connectivity index (χ0) is 26.3. The number of likely N-dealkylation sites (tertiary alicyclic amines) is 1. The number of anilines is 1. The van der Waals surface area contributed by atoms with Gasteiger partial charge in [-0.15, -0.1) is 0 Å². The summed E-state index contributed by atoms with van der Waals surface area (Å²) in [5.41, 5.74) is 3.65. The summed E-state index contributed by atoms with van der Waals surface area (Å²) in [5.74, 6) is 0.212. The van der Waals surface area contributed by atoms with E-state index in [0.717, 1.165) is 35.1 Å². The Hall–Kier alpha value is -3.36. The number of benzene rings is 3. The molecule has 1 saturated heterocycles. The van der Waals surface area contributed by atoms with Crippen LogP contribution in [0.3, 0.4) is 0 Å². The van der Waals surface area contributed by atoms with E-state index in [1.807, 2.05) is 38.1 Å². The molecule has 7 nitrogen and oxygen atoms in total. The first-order valence-corrected chi connectivity index (χ1v) is 14.2. The lowest BCUT2D eigenvalue weighted by molar-refractivity contribution is -0.119. The second-order valence-electron chi connectivity index (χ2n) is 9.33. The lowest BCUT2D eigenvalue weighted by Gasteiger charge is -2.24. The van der Waals surface area contributed by atoms with Gasteiger partial charge in [-0.05, 0) is 87.3 Å². The molecule has 37 heavy (non-hydrogen) atoms. The fraction of sp³-hybridized carbons (Fsp3) is 0.345. The smallest absolute Gasteiger partial charge is 0.264 e. The van der Waals surface area contributed by atoms with Crippen molar-refractivity contribution in [2.75, 3.05) is 30.5 Å². The Bertz CT molecular complexity index is 1270. The third-order valence-electron chi connectivity index (χ3n) is 6.45. The second-order valence-corrected chi connectivity index (χ2v) is 11.2. The highest BCUT2D eigenvalue weighted by atomic mass is 32.2. The number of nitrogens with zero attached hydrogens (tertiary/aromatic N) is 2. The van der Waals surface area contributed by atoms with Gasteiger partial charge in [-0.25, -0.2) is 8.42 Å². The van der Waals surface area contributed by atoms with Crippen molar-refractivity contribution < 1.29 is 17.9 Å². The number of nitrogens with one attached hydrogen (secondary N) is 1. The number of amides is 1. The highest BCUT2D eigenvalue weighted by Gasteiger charge is 2.27. The lowest BCUT2D eigenvalue weighted by Crippen LogP contribution is -2.40. The largest absolute Gasteiger partial charge is 0.494 e. The standard InChI is InChI=1S/C29H35N3O4S/c1-3-36-27-14-16-28(17-15-27)37(34,35)32(26-12-6-23(2)7-13-26)22-29(33)30-20-24-8-10-25(11-9-24)21-31-18-4-5-19-31/h6-17H,3-5,18-22H2,1-2H3,(H,30,33). The van der Waals surface area contributed by atoms with Crippen LogP contribution in [-0.4, -0.2) is 45.5 Å². The van der Waals surface area contributed by atoms with E-state index in [2.05, 4.69) is 22.3 Å². The van der Waals surface area contributed by atoms with Gasteiger partial charge in [0.25, 0.3) is 10.0 Å². The molecule has 0 radical (unpaired) electrons. The van der Waals surface area contributed by atoms with E-state index in [0.29, 0.717) is 24.6 Å². The molecule has 1 heterocycles. The SMILES string of the molecule is CCOc1ccc(S(=O)(=O)N(CC(=O)NCc2ccc(CN3CCCC3)cc2)c2ccc(C)cc2)cc1. The molecular formula is C29H35N3O4S. The number of aryl methyl sites for hydroxylation is 1. The van der Waals surface area contributed by atoms with E-state index in [-0.39, 0.29) is 17.3 Å². The van der Waals surface area contributed by atoms with Crippen LogP contribution in [0.1, 0.15) is 36.5 Å². The molecule has 1 aliphatic rings. The van der Waals surface area contributed by atoms with E-state index in [9.17, 15) is 13.2 Å². The van der Waals surface area contributed by atoms with Crippen LogP contribution in [0.15, 0.2) is 77.7 Å². The molecular weight excluding hydrogens is 486 g/mol. The minimum atomic E-state index is -3.98. The quantitative estimate of drug-likeness (QED) is 0.402. The van der Waals surface area contributed by atoms with Crippen LogP contribution >= 0.6 is 0 Å². The first-order valence-electron chi connectivity index (χ1n) is 12.7. The summed E-state index contributed by atoms with van der Waals surface area (Å²) >= 11 is 0. The molecule has 0 bridgehead atoms. The normalized spacial score (nSPS) is 13.9. The van der Waals surface area contributed by atoms with Gasteiger partial charge in [-0.1, -0.05) is 42.0 Å². The van der Waals surface area contributed by atoms with Gasteiger partial charge in [0, 0.05) is 13.1 Å². The zero-order valence-corrected chi connectivity index (χ0v) is 22.3. The van der Waals surface area contributed by atoms with Crippen LogP contribution in [-0.2, 0) is 27.9 Å². The third kappa shape index (κ3) is 7.11. The summed E-state index contributed by atoms with van der Waals surface area (Å²) in [7, 11) is -3.98. The summed E-state index contributed by atoms with van der Waals surface area (Å²) in [6.07, 6.45) is 2.52. The van der Waals surface area contributed by atoms with Crippen molar-refractivity contribution in [3.8, 4) is 5.75 Å². The van der Waals surface area contributed by atoms with Crippen LogP contribution in [0, 0.1) is 6.92 Å². The number of sulfonamides is 1. The molecule has 1 N–H and O–H groups in total. The van der Waals surface area contributed by atoms with Crippen LogP contribution < -0.4 is 14.4 Å². The van der Waals surface area contributed by atoms with E-state index in [1.165, 1.54) is 30.5 Å². The molecule has 1 aliphatic heterocycles. The van der Waals surface area contributed by atoms with Gasteiger partial charge in [0.15, 0.2) is 0 Å². The Morgan fingerprint density at radius 2 is 1.54 bits per heavy atom. The van der Waals surface area contributed by atoms with Crippen molar-refractivity contribution >= 4 is 21.6 Å². The fourth-order valence-electron chi connectivity index (χ4n) is 4.38. The van der Waals surface area contributed by atoms with E-state index < -0.39 is 10.0 Å². The van der Waals surface area contributed by atoms with E-state index in [1.54, 1.807) is 24.3 Å². The number of hydrogen-bond donors (Lipinski definition) is 1. The van der Waals surface area contributed by atoms with Gasteiger partial charge in [-0.2, -0.15) is 0 Å². The van der Waals surface area contributed by atoms with Crippen LogP contribution in [0.25, 0.3) is 0 Å². The molecule has 1 amide bonds. The topological polar surface area (TPSA) is 79.0 Å². The number of ether oxygens (including phenoxy) is 1. The summed E-state index contributed by atoms with van der Waals surface area (Å²) in [4.78, 5) is 15.5. The Balaban J connectivity index is 1.44.